The van der Waals surface area contributed by atoms with Crippen LogP contribution < -0.4 is 5.32 Å². The van der Waals surface area contributed by atoms with Gasteiger partial charge in [-0.25, -0.2) is 0 Å². The maximum atomic E-state index is 10.7. The fourth-order valence-corrected chi connectivity index (χ4v) is 1.94. The molecule has 98 valence electrons. The molecule has 1 saturated heterocycles. The van der Waals surface area contributed by atoms with Crippen molar-refractivity contribution in [3.8, 4) is 5.75 Å². The summed E-state index contributed by atoms with van der Waals surface area (Å²) in [7, 11) is 0. The molecule has 0 amide bonds. The average molecular weight is 250 g/mol. The lowest BCUT2D eigenvalue weighted by atomic mass is 10.2. The van der Waals surface area contributed by atoms with Crippen molar-refractivity contribution in [3.05, 3.63) is 23.8 Å². The van der Waals surface area contributed by atoms with Gasteiger partial charge in [0.15, 0.2) is 6.29 Å². The van der Waals surface area contributed by atoms with E-state index in [1.165, 1.54) is 6.07 Å². The molecule has 1 aliphatic heterocycles. The van der Waals surface area contributed by atoms with Gasteiger partial charge in [-0.3, -0.25) is 9.69 Å². The molecule has 1 aromatic rings. The van der Waals surface area contributed by atoms with Crippen molar-refractivity contribution in [2.45, 2.75) is 0 Å². The van der Waals surface area contributed by atoms with E-state index in [0.717, 1.165) is 45.1 Å². The number of anilines is 1. The molecule has 0 saturated carbocycles. The number of aromatic hydroxyl groups is 1. The smallest absolute Gasteiger partial charge is 0.153 e. The Balaban J connectivity index is 1.80. The second kappa shape index (κ2) is 6.37. The number of nitrogens with one attached hydrogen (secondary N) is 1. The van der Waals surface area contributed by atoms with Crippen LogP contribution >= 0.6 is 0 Å². The van der Waals surface area contributed by atoms with E-state index in [1.54, 1.807) is 12.1 Å². The molecule has 0 aromatic heterocycles. The zero-order chi connectivity index (χ0) is 12.8. The van der Waals surface area contributed by atoms with Crippen molar-refractivity contribution in [1.82, 2.24) is 4.90 Å². The van der Waals surface area contributed by atoms with Crippen molar-refractivity contribution < 1.29 is 14.6 Å². The fourth-order valence-electron chi connectivity index (χ4n) is 1.94. The highest BCUT2D eigenvalue weighted by molar-refractivity contribution is 5.81. The summed E-state index contributed by atoms with van der Waals surface area (Å²) in [4.78, 5) is 13.0. The summed E-state index contributed by atoms with van der Waals surface area (Å²) in [5.41, 5.74) is 1.16. The Labute approximate surface area is 106 Å². The minimum absolute atomic E-state index is 0.0173. The van der Waals surface area contributed by atoms with Crippen molar-refractivity contribution in [2.75, 3.05) is 44.7 Å². The van der Waals surface area contributed by atoms with Crippen molar-refractivity contribution in [2.24, 2.45) is 0 Å². The summed E-state index contributed by atoms with van der Waals surface area (Å²) in [6.45, 7) is 5.29. The first-order chi connectivity index (χ1) is 8.79. The Morgan fingerprint density at radius 3 is 2.89 bits per heavy atom. The SMILES string of the molecule is O=Cc1cc(NCCN2CCOCC2)ccc1O. The Morgan fingerprint density at radius 2 is 2.17 bits per heavy atom. The van der Waals surface area contributed by atoms with Crippen molar-refractivity contribution in [1.29, 1.82) is 0 Å². The maximum Gasteiger partial charge on any atom is 0.153 e. The van der Waals surface area contributed by atoms with Gasteiger partial charge in [0, 0.05) is 31.9 Å². The van der Waals surface area contributed by atoms with Gasteiger partial charge in [0.25, 0.3) is 0 Å². The summed E-state index contributed by atoms with van der Waals surface area (Å²) in [6, 6.07) is 4.95. The quantitative estimate of drug-likeness (QED) is 0.602. The van der Waals surface area contributed by atoms with Crippen LogP contribution in [-0.2, 0) is 4.74 Å². The van der Waals surface area contributed by atoms with Crippen LogP contribution in [-0.4, -0.2) is 55.7 Å². The topological polar surface area (TPSA) is 61.8 Å². The second-order valence-corrected chi connectivity index (χ2v) is 4.27. The van der Waals surface area contributed by atoms with Crippen LogP contribution in [0.5, 0.6) is 5.75 Å². The molecule has 0 atom stereocenters. The predicted molar refractivity (Wildman–Crippen MR) is 69.2 cm³/mol. The van der Waals surface area contributed by atoms with E-state index in [9.17, 15) is 9.90 Å². The van der Waals surface area contributed by atoms with Gasteiger partial charge in [0.05, 0.1) is 18.8 Å². The third-order valence-electron chi connectivity index (χ3n) is 3.02. The molecule has 0 bridgehead atoms. The number of benzene rings is 1. The molecular weight excluding hydrogens is 232 g/mol. The van der Waals surface area contributed by atoms with Gasteiger partial charge in [-0.05, 0) is 18.2 Å². The third-order valence-corrected chi connectivity index (χ3v) is 3.02. The lowest BCUT2D eigenvalue weighted by molar-refractivity contribution is 0.0398. The van der Waals surface area contributed by atoms with Crippen molar-refractivity contribution in [3.63, 3.8) is 0 Å². The first-order valence-corrected chi connectivity index (χ1v) is 6.12. The maximum absolute atomic E-state index is 10.7. The van der Waals surface area contributed by atoms with E-state index in [-0.39, 0.29) is 5.75 Å². The lowest BCUT2D eigenvalue weighted by Crippen LogP contribution is -2.39. The zero-order valence-corrected chi connectivity index (χ0v) is 10.3. The molecule has 0 unspecified atom stereocenters. The van der Waals surface area contributed by atoms with E-state index >= 15 is 0 Å². The first-order valence-electron chi connectivity index (χ1n) is 6.12. The number of carbonyl (C=O) groups excluding carboxylic acids is 1. The molecule has 18 heavy (non-hydrogen) atoms. The summed E-state index contributed by atoms with van der Waals surface area (Å²) in [5, 5.41) is 12.6. The molecule has 0 spiro atoms. The molecule has 0 radical (unpaired) electrons. The van der Waals surface area contributed by atoms with Gasteiger partial charge in [-0.15, -0.1) is 0 Å². The molecule has 0 aliphatic carbocycles. The first kappa shape index (κ1) is 12.9. The molecule has 2 rings (SSSR count). The van der Waals surface area contributed by atoms with E-state index in [4.69, 9.17) is 4.74 Å². The highest BCUT2D eigenvalue weighted by Crippen LogP contribution is 2.19. The molecule has 5 heteroatoms. The standard InChI is InChI=1S/C13H18N2O3/c16-10-11-9-12(1-2-13(11)17)14-3-4-15-5-7-18-8-6-15/h1-2,9-10,14,17H,3-8H2. The number of nitrogens with zero attached hydrogens (tertiary/aromatic N) is 1. The van der Waals surface area contributed by atoms with Crippen LogP contribution in [0.4, 0.5) is 5.69 Å². The highest BCUT2D eigenvalue weighted by Gasteiger charge is 2.09. The largest absolute Gasteiger partial charge is 0.507 e. The van der Waals surface area contributed by atoms with E-state index in [1.807, 2.05) is 0 Å². The van der Waals surface area contributed by atoms with Gasteiger partial charge in [-0.1, -0.05) is 0 Å². The van der Waals surface area contributed by atoms with Crippen LogP contribution in [0, 0.1) is 0 Å². The number of morpholine rings is 1. The molecule has 1 aliphatic rings. The van der Waals surface area contributed by atoms with Crippen LogP contribution in [0.1, 0.15) is 10.4 Å². The number of phenolic OH excluding ortho intramolecular Hbond substituents is 1. The number of rotatable bonds is 5. The van der Waals surface area contributed by atoms with Gasteiger partial charge in [0.2, 0.25) is 0 Å². The molecule has 1 aromatic carbocycles. The van der Waals surface area contributed by atoms with E-state index in [0.29, 0.717) is 11.8 Å². The monoisotopic (exact) mass is 250 g/mol. The van der Waals surface area contributed by atoms with Crippen LogP contribution in [0.2, 0.25) is 0 Å². The predicted octanol–water partition coefficient (Wildman–Crippen LogP) is 0.949. The van der Waals surface area contributed by atoms with Gasteiger partial charge < -0.3 is 15.2 Å². The molecular formula is C13H18N2O3. The van der Waals surface area contributed by atoms with Crippen molar-refractivity contribution >= 4 is 12.0 Å². The Bertz CT molecular complexity index is 403. The van der Waals surface area contributed by atoms with E-state index < -0.39 is 0 Å². The number of hydrogen-bond donors (Lipinski definition) is 2. The van der Waals surface area contributed by atoms with Crippen LogP contribution in [0.3, 0.4) is 0 Å². The van der Waals surface area contributed by atoms with Gasteiger partial charge >= 0.3 is 0 Å². The minimum Gasteiger partial charge on any atom is -0.507 e. The minimum atomic E-state index is 0.0173. The lowest BCUT2D eigenvalue weighted by Gasteiger charge is -2.26. The summed E-state index contributed by atoms with van der Waals surface area (Å²) in [5.74, 6) is 0.0173. The number of aldehydes is 1. The molecule has 2 N–H and O–H groups in total. The van der Waals surface area contributed by atoms with Gasteiger partial charge in [0.1, 0.15) is 5.75 Å². The van der Waals surface area contributed by atoms with Crippen LogP contribution in [0.15, 0.2) is 18.2 Å². The highest BCUT2D eigenvalue weighted by atomic mass is 16.5. The number of hydrogen-bond acceptors (Lipinski definition) is 5. The number of carbonyl (C=O) groups is 1. The Hall–Kier alpha value is -1.59. The average Bonchev–Trinajstić information content (AvgIpc) is 2.42. The van der Waals surface area contributed by atoms with E-state index in [2.05, 4.69) is 10.2 Å². The second-order valence-electron chi connectivity index (χ2n) is 4.27. The number of ether oxygens (including phenoxy) is 1. The van der Waals surface area contributed by atoms with Gasteiger partial charge in [-0.2, -0.15) is 0 Å². The fraction of sp³-hybridized carbons (Fsp3) is 0.462. The Kier molecular flexibility index (Phi) is 4.55. The zero-order valence-electron chi connectivity index (χ0n) is 10.3. The molecule has 1 heterocycles. The summed E-state index contributed by atoms with van der Waals surface area (Å²) < 4.78 is 5.28. The molecule has 5 nitrogen and oxygen atoms in total. The summed E-state index contributed by atoms with van der Waals surface area (Å²) in [6.07, 6.45) is 0.655. The summed E-state index contributed by atoms with van der Waals surface area (Å²) >= 11 is 0. The van der Waals surface area contributed by atoms with Crippen LogP contribution in [0.25, 0.3) is 0 Å². The molecule has 1 fully saturated rings. The normalized spacial score (nSPS) is 16.4. The Morgan fingerprint density at radius 1 is 1.39 bits per heavy atom. The number of phenols is 1. The third kappa shape index (κ3) is 3.45.